The molecule has 2 amide bonds. The number of fused-ring (bicyclic) bond motifs is 1. The number of hydrogen-bond acceptors (Lipinski definition) is 5. The average Bonchev–Trinajstić information content (AvgIpc) is 3.59. The van der Waals surface area contributed by atoms with Crippen molar-refractivity contribution in [3.63, 3.8) is 0 Å². The molecule has 2 saturated carbocycles. The van der Waals surface area contributed by atoms with E-state index in [-0.39, 0.29) is 29.8 Å². The van der Waals surface area contributed by atoms with Gasteiger partial charge in [-0.25, -0.2) is 9.97 Å². The van der Waals surface area contributed by atoms with Crippen molar-refractivity contribution < 1.29 is 14.3 Å². The van der Waals surface area contributed by atoms with Crippen LogP contribution in [0.1, 0.15) is 67.6 Å². The zero-order chi connectivity index (χ0) is 25.4. The number of hydrogen-bond donors (Lipinski definition) is 3. The van der Waals surface area contributed by atoms with E-state index in [0.29, 0.717) is 23.6 Å². The highest BCUT2D eigenvalue weighted by molar-refractivity contribution is 6.09. The highest BCUT2D eigenvalue weighted by Gasteiger charge is 2.31. The third-order valence-electron chi connectivity index (χ3n) is 7.45. The molecule has 0 unspecified atom stereocenters. The summed E-state index contributed by atoms with van der Waals surface area (Å²) in [6.45, 7) is 8.34. The van der Waals surface area contributed by atoms with Crippen LogP contribution in [-0.4, -0.2) is 45.5 Å². The van der Waals surface area contributed by atoms with E-state index >= 15 is 0 Å². The highest BCUT2D eigenvalue weighted by Crippen LogP contribution is 2.37. The standard InChI is InChI=1S/C28H35N5O3/c1-15-5-10-23(36-13-19-6-7-19)21(11-15)25-27-26(30-14-29-25)24(17(3)31-27)28(35)33-22-9-8-20(12-16(22)2)32-18(4)34/h5,10-11,14,16,19-20,22,31H,6-9,12-13H2,1-4H3,(H,32,34)(H,33,35)/t16-,20+,22+/m1/s1. The highest BCUT2D eigenvalue weighted by atomic mass is 16.5. The zero-order valence-corrected chi connectivity index (χ0v) is 21.5. The van der Waals surface area contributed by atoms with Crippen LogP contribution < -0.4 is 15.4 Å². The van der Waals surface area contributed by atoms with Crippen LogP contribution >= 0.6 is 0 Å². The molecule has 36 heavy (non-hydrogen) atoms. The molecule has 0 aliphatic heterocycles. The molecule has 0 bridgehead atoms. The minimum Gasteiger partial charge on any atom is -0.493 e. The number of H-pyrrole nitrogens is 1. The normalized spacial score (nSPS) is 21.8. The Morgan fingerprint density at radius 3 is 2.64 bits per heavy atom. The Labute approximate surface area is 211 Å². The zero-order valence-electron chi connectivity index (χ0n) is 21.5. The lowest BCUT2D eigenvalue weighted by molar-refractivity contribution is -0.120. The first-order chi connectivity index (χ1) is 17.3. The van der Waals surface area contributed by atoms with Crippen LogP contribution in [0, 0.1) is 25.7 Å². The van der Waals surface area contributed by atoms with Crippen molar-refractivity contribution in [2.45, 2.75) is 71.9 Å². The molecule has 1 aromatic carbocycles. The maximum absolute atomic E-state index is 13.5. The number of aromatic nitrogens is 3. The molecule has 3 N–H and O–H groups in total. The van der Waals surface area contributed by atoms with Gasteiger partial charge in [0.15, 0.2) is 0 Å². The van der Waals surface area contributed by atoms with Crippen LogP contribution in [0.5, 0.6) is 5.75 Å². The van der Waals surface area contributed by atoms with Crippen molar-refractivity contribution in [1.29, 1.82) is 0 Å². The fourth-order valence-corrected chi connectivity index (χ4v) is 5.32. The minimum absolute atomic E-state index is 0.00528. The molecule has 0 saturated heterocycles. The SMILES string of the molecule is CC(=O)N[C@H]1CC[C@H](NC(=O)c2c(C)[nH]c3c(-c4cc(C)ccc4OCC4CC4)ncnc23)[C@H](C)C1. The second kappa shape index (κ2) is 9.91. The van der Waals surface area contributed by atoms with E-state index in [0.717, 1.165) is 53.0 Å². The molecule has 2 aromatic heterocycles. The summed E-state index contributed by atoms with van der Waals surface area (Å²) in [4.78, 5) is 37.4. The topological polar surface area (TPSA) is 109 Å². The van der Waals surface area contributed by atoms with E-state index in [1.54, 1.807) is 6.92 Å². The summed E-state index contributed by atoms with van der Waals surface area (Å²) in [6, 6.07) is 6.34. The molecule has 2 aliphatic rings. The van der Waals surface area contributed by atoms with E-state index < -0.39 is 0 Å². The number of nitrogens with zero attached hydrogens (tertiary/aromatic N) is 2. The van der Waals surface area contributed by atoms with Crippen LogP contribution in [0.2, 0.25) is 0 Å². The first kappa shape index (κ1) is 24.3. The van der Waals surface area contributed by atoms with Crippen LogP contribution in [0.4, 0.5) is 0 Å². The van der Waals surface area contributed by atoms with Gasteiger partial charge in [-0.1, -0.05) is 18.6 Å². The Hall–Kier alpha value is -3.42. The predicted octanol–water partition coefficient (Wildman–Crippen LogP) is 4.45. The third-order valence-corrected chi connectivity index (χ3v) is 7.45. The number of aromatic amines is 1. The Kier molecular flexibility index (Phi) is 6.69. The minimum atomic E-state index is -0.132. The van der Waals surface area contributed by atoms with E-state index in [1.807, 2.05) is 26.0 Å². The number of carbonyl (C=O) groups is 2. The van der Waals surface area contributed by atoms with Gasteiger partial charge in [0.25, 0.3) is 5.91 Å². The summed E-state index contributed by atoms with van der Waals surface area (Å²) < 4.78 is 6.17. The Morgan fingerprint density at radius 2 is 1.92 bits per heavy atom. The lowest BCUT2D eigenvalue weighted by Gasteiger charge is -2.34. The molecule has 2 fully saturated rings. The van der Waals surface area contributed by atoms with Crippen LogP contribution in [-0.2, 0) is 4.79 Å². The molecule has 2 heterocycles. The van der Waals surface area contributed by atoms with Gasteiger partial charge < -0.3 is 20.4 Å². The maximum atomic E-state index is 13.5. The molecule has 0 spiro atoms. The van der Waals surface area contributed by atoms with E-state index in [2.05, 4.69) is 38.6 Å². The van der Waals surface area contributed by atoms with Gasteiger partial charge in [0.2, 0.25) is 5.91 Å². The Morgan fingerprint density at radius 1 is 1.11 bits per heavy atom. The molecule has 8 nitrogen and oxygen atoms in total. The van der Waals surface area contributed by atoms with Gasteiger partial charge in [-0.2, -0.15) is 0 Å². The van der Waals surface area contributed by atoms with E-state index in [1.165, 1.54) is 19.2 Å². The van der Waals surface area contributed by atoms with Gasteiger partial charge in [-0.15, -0.1) is 0 Å². The Balaban J connectivity index is 1.41. The number of nitrogens with one attached hydrogen (secondary N) is 3. The van der Waals surface area contributed by atoms with Gasteiger partial charge in [0.1, 0.15) is 23.3 Å². The molecule has 0 radical (unpaired) electrons. The molecule has 8 heteroatoms. The largest absolute Gasteiger partial charge is 0.493 e. The van der Waals surface area contributed by atoms with Crippen molar-refractivity contribution in [1.82, 2.24) is 25.6 Å². The molecule has 5 rings (SSSR count). The van der Waals surface area contributed by atoms with Gasteiger partial charge in [-0.3, -0.25) is 9.59 Å². The second-order valence-electron chi connectivity index (χ2n) is 10.6. The third kappa shape index (κ3) is 5.08. The van der Waals surface area contributed by atoms with Gasteiger partial charge >= 0.3 is 0 Å². The molecule has 3 atom stereocenters. The summed E-state index contributed by atoms with van der Waals surface area (Å²) in [7, 11) is 0. The number of rotatable bonds is 7. The van der Waals surface area contributed by atoms with Gasteiger partial charge in [-0.05, 0) is 69.9 Å². The summed E-state index contributed by atoms with van der Waals surface area (Å²) in [5.74, 6) is 1.56. The molecular formula is C28H35N5O3. The predicted molar refractivity (Wildman–Crippen MR) is 139 cm³/mol. The second-order valence-corrected chi connectivity index (χ2v) is 10.6. The molecule has 3 aromatic rings. The summed E-state index contributed by atoms with van der Waals surface area (Å²) in [5.41, 5.74) is 5.42. The quantitative estimate of drug-likeness (QED) is 0.454. The maximum Gasteiger partial charge on any atom is 0.255 e. The van der Waals surface area contributed by atoms with E-state index in [9.17, 15) is 9.59 Å². The molecule has 190 valence electrons. The first-order valence-corrected chi connectivity index (χ1v) is 12.9. The summed E-state index contributed by atoms with van der Waals surface area (Å²) >= 11 is 0. The number of aryl methyl sites for hydroxylation is 2. The van der Waals surface area contributed by atoms with E-state index in [4.69, 9.17) is 4.74 Å². The van der Waals surface area contributed by atoms with Gasteiger partial charge in [0, 0.05) is 30.3 Å². The summed E-state index contributed by atoms with van der Waals surface area (Å²) in [5, 5.41) is 6.25. The monoisotopic (exact) mass is 489 g/mol. The van der Waals surface area contributed by atoms with Crippen molar-refractivity contribution in [3.05, 3.63) is 41.3 Å². The Bertz CT molecular complexity index is 1300. The van der Waals surface area contributed by atoms with Crippen LogP contribution in [0.15, 0.2) is 24.5 Å². The van der Waals surface area contributed by atoms with Crippen LogP contribution in [0.25, 0.3) is 22.3 Å². The van der Waals surface area contributed by atoms with Crippen molar-refractivity contribution in [2.75, 3.05) is 6.61 Å². The average molecular weight is 490 g/mol. The number of benzene rings is 1. The number of ether oxygens (including phenoxy) is 1. The number of amides is 2. The van der Waals surface area contributed by atoms with Crippen molar-refractivity contribution >= 4 is 22.8 Å². The fourth-order valence-electron chi connectivity index (χ4n) is 5.32. The fraction of sp³-hybridized carbons (Fsp3) is 0.500. The lowest BCUT2D eigenvalue weighted by atomic mass is 9.82. The van der Waals surface area contributed by atoms with Crippen LogP contribution in [0.3, 0.4) is 0 Å². The van der Waals surface area contributed by atoms with Gasteiger partial charge in [0.05, 0.1) is 17.7 Å². The van der Waals surface area contributed by atoms with Crippen molar-refractivity contribution in [3.8, 4) is 17.0 Å². The molecule has 2 aliphatic carbocycles. The molecular weight excluding hydrogens is 454 g/mol. The van der Waals surface area contributed by atoms with Crippen molar-refractivity contribution in [2.24, 2.45) is 11.8 Å². The number of carbonyl (C=O) groups excluding carboxylic acids is 2. The smallest absolute Gasteiger partial charge is 0.255 e. The lowest BCUT2D eigenvalue weighted by Crippen LogP contribution is -2.47. The first-order valence-electron chi connectivity index (χ1n) is 12.9. The summed E-state index contributed by atoms with van der Waals surface area (Å²) in [6.07, 6.45) is 6.49.